The largest absolute Gasteiger partial charge is 0.322 e. The summed E-state index contributed by atoms with van der Waals surface area (Å²) < 4.78 is 1.75. The summed E-state index contributed by atoms with van der Waals surface area (Å²) in [4.78, 5) is 24.6. The molecular formula is C15H13ClN4O. The van der Waals surface area contributed by atoms with E-state index in [0.29, 0.717) is 22.0 Å². The summed E-state index contributed by atoms with van der Waals surface area (Å²) in [6.45, 7) is 0.736. The van der Waals surface area contributed by atoms with Crippen molar-refractivity contribution in [3.05, 3.63) is 45.5 Å². The van der Waals surface area contributed by atoms with E-state index >= 15 is 0 Å². The highest BCUT2D eigenvalue weighted by Crippen LogP contribution is 2.21. The van der Waals surface area contributed by atoms with Gasteiger partial charge in [0.25, 0.3) is 5.56 Å². The molecule has 0 bridgehead atoms. The number of nitrogens with zero attached hydrogens (tertiary/aromatic N) is 3. The molecule has 0 amide bonds. The first-order valence-electron chi connectivity index (χ1n) is 6.98. The van der Waals surface area contributed by atoms with Gasteiger partial charge < -0.3 is 4.98 Å². The fourth-order valence-electron chi connectivity index (χ4n) is 2.75. The van der Waals surface area contributed by atoms with Gasteiger partial charge in [-0.3, -0.25) is 9.36 Å². The third-order valence-corrected chi connectivity index (χ3v) is 4.09. The Kier molecular flexibility index (Phi) is 2.82. The maximum absolute atomic E-state index is 12.5. The molecule has 2 aromatic heterocycles. The third-order valence-electron chi connectivity index (χ3n) is 3.83. The van der Waals surface area contributed by atoms with Gasteiger partial charge in [0.2, 0.25) is 0 Å². The van der Waals surface area contributed by atoms with E-state index in [1.54, 1.807) is 16.7 Å². The monoisotopic (exact) mass is 300 g/mol. The number of fused-ring (bicyclic) bond motifs is 2. The Morgan fingerprint density at radius 1 is 1.14 bits per heavy atom. The van der Waals surface area contributed by atoms with Crippen LogP contribution in [0.4, 0.5) is 0 Å². The Morgan fingerprint density at radius 3 is 2.76 bits per heavy atom. The molecule has 0 unspecified atom stereocenters. The lowest BCUT2D eigenvalue weighted by molar-refractivity contribution is 0.500. The molecule has 1 aromatic carbocycles. The van der Waals surface area contributed by atoms with E-state index in [1.165, 1.54) is 0 Å². The van der Waals surface area contributed by atoms with Crippen molar-refractivity contribution >= 4 is 22.8 Å². The Bertz CT molecular complexity index is 879. The number of hydrogen-bond acceptors (Lipinski definition) is 3. The predicted molar refractivity (Wildman–Crippen MR) is 81.5 cm³/mol. The van der Waals surface area contributed by atoms with Crippen molar-refractivity contribution in [1.82, 2.24) is 19.5 Å². The molecular weight excluding hydrogens is 288 g/mol. The molecule has 6 heteroatoms. The third kappa shape index (κ3) is 2.05. The van der Waals surface area contributed by atoms with Crippen molar-refractivity contribution in [3.63, 3.8) is 0 Å². The molecule has 3 heterocycles. The second-order valence-electron chi connectivity index (χ2n) is 5.23. The van der Waals surface area contributed by atoms with Gasteiger partial charge in [0.1, 0.15) is 11.6 Å². The number of imidazole rings is 1. The molecule has 1 aliphatic heterocycles. The van der Waals surface area contributed by atoms with Gasteiger partial charge in [0.05, 0.1) is 0 Å². The van der Waals surface area contributed by atoms with Gasteiger partial charge in [-0.2, -0.15) is 0 Å². The van der Waals surface area contributed by atoms with Crippen LogP contribution >= 0.6 is 11.6 Å². The SMILES string of the molecule is O=c1c2nc(-c3ccc(Cl)cc3)[nH]c2nc2n1CCCC2. The highest BCUT2D eigenvalue weighted by molar-refractivity contribution is 6.30. The topological polar surface area (TPSA) is 63.6 Å². The van der Waals surface area contributed by atoms with Crippen LogP contribution in [-0.2, 0) is 13.0 Å². The van der Waals surface area contributed by atoms with Crippen LogP contribution in [0.1, 0.15) is 18.7 Å². The van der Waals surface area contributed by atoms with Crippen molar-refractivity contribution in [1.29, 1.82) is 0 Å². The molecule has 0 fully saturated rings. The average molecular weight is 301 g/mol. The van der Waals surface area contributed by atoms with Crippen LogP contribution in [0.25, 0.3) is 22.6 Å². The molecule has 0 spiro atoms. The molecule has 4 rings (SSSR count). The summed E-state index contributed by atoms with van der Waals surface area (Å²) in [5.74, 6) is 1.50. The number of aryl methyl sites for hydroxylation is 1. The first-order valence-corrected chi connectivity index (χ1v) is 7.35. The number of hydrogen-bond donors (Lipinski definition) is 1. The summed E-state index contributed by atoms with van der Waals surface area (Å²) in [5.41, 5.74) is 1.81. The summed E-state index contributed by atoms with van der Waals surface area (Å²) in [6.07, 6.45) is 2.95. The molecule has 5 nitrogen and oxygen atoms in total. The lowest BCUT2D eigenvalue weighted by Crippen LogP contribution is -2.28. The zero-order valence-electron chi connectivity index (χ0n) is 11.3. The van der Waals surface area contributed by atoms with E-state index in [1.807, 2.05) is 12.1 Å². The van der Waals surface area contributed by atoms with Crippen molar-refractivity contribution in [2.75, 3.05) is 0 Å². The van der Waals surface area contributed by atoms with E-state index in [2.05, 4.69) is 15.0 Å². The van der Waals surface area contributed by atoms with Crippen LogP contribution in [0, 0.1) is 0 Å². The van der Waals surface area contributed by atoms with Crippen LogP contribution < -0.4 is 5.56 Å². The van der Waals surface area contributed by atoms with Crippen molar-refractivity contribution in [2.24, 2.45) is 0 Å². The summed E-state index contributed by atoms with van der Waals surface area (Å²) >= 11 is 5.89. The Hall–Kier alpha value is -2.14. The average Bonchev–Trinajstić information content (AvgIpc) is 2.92. The number of nitrogens with one attached hydrogen (secondary N) is 1. The number of aromatic nitrogens is 4. The predicted octanol–water partition coefficient (Wildman–Crippen LogP) is 2.78. The molecule has 0 atom stereocenters. The van der Waals surface area contributed by atoms with Gasteiger partial charge in [-0.05, 0) is 37.1 Å². The van der Waals surface area contributed by atoms with Crippen LogP contribution in [0.2, 0.25) is 5.02 Å². The van der Waals surface area contributed by atoms with Crippen molar-refractivity contribution < 1.29 is 0 Å². The number of aromatic amines is 1. The fraction of sp³-hybridized carbons (Fsp3) is 0.267. The first kappa shape index (κ1) is 12.6. The van der Waals surface area contributed by atoms with Crippen LogP contribution in [0.3, 0.4) is 0 Å². The standard InChI is InChI=1S/C15H13ClN4O/c16-10-6-4-9(5-7-10)13-18-12-14(19-13)17-11-3-1-2-8-20(11)15(12)21/h4-7H,1-3,8H2,(H,18,19). The zero-order chi connectivity index (χ0) is 14.4. The molecule has 0 saturated heterocycles. The second-order valence-corrected chi connectivity index (χ2v) is 5.67. The van der Waals surface area contributed by atoms with Gasteiger partial charge in [-0.15, -0.1) is 0 Å². The van der Waals surface area contributed by atoms with E-state index < -0.39 is 0 Å². The zero-order valence-corrected chi connectivity index (χ0v) is 12.0. The lowest BCUT2D eigenvalue weighted by Gasteiger charge is -2.16. The maximum atomic E-state index is 12.5. The molecule has 21 heavy (non-hydrogen) atoms. The number of H-pyrrole nitrogens is 1. The van der Waals surface area contributed by atoms with Crippen LogP contribution in [-0.4, -0.2) is 19.5 Å². The Balaban J connectivity index is 1.92. The molecule has 0 saturated carbocycles. The first-order chi connectivity index (χ1) is 10.2. The lowest BCUT2D eigenvalue weighted by atomic mass is 10.1. The number of rotatable bonds is 1. The highest BCUT2D eigenvalue weighted by atomic mass is 35.5. The van der Waals surface area contributed by atoms with E-state index in [4.69, 9.17) is 11.6 Å². The van der Waals surface area contributed by atoms with Gasteiger partial charge in [-0.25, -0.2) is 9.97 Å². The minimum atomic E-state index is -0.0498. The summed E-state index contributed by atoms with van der Waals surface area (Å²) in [7, 11) is 0. The smallest absolute Gasteiger partial charge is 0.281 e. The minimum Gasteiger partial charge on any atom is -0.322 e. The van der Waals surface area contributed by atoms with Crippen LogP contribution in [0.5, 0.6) is 0 Å². The second kappa shape index (κ2) is 4.70. The van der Waals surface area contributed by atoms with Gasteiger partial charge in [-0.1, -0.05) is 11.6 Å². The normalized spacial score (nSPS) is 14.3. The molecule has 0 radical (unpaired) electrons. The number of benzene rings is 1. The number of halogens is 1. The van der Waals surface area contributed by atoms with Gasteiger partial charge in [0.15, 0.2) is 11.2 Å². The molecule has 0 aliphatic carbocycles. The van der Waals surface area contributed by atoms with Crippen LogP contribution in [0.15, 0.2) is 29.1 Å². The molecule has 1 N–H and O–H groups in total. The maximum Gasteiger partial charge on any atom is 0.281 e. The van der Waals surface area contributed by atoms with Gasteiger partial charge in [0, 0.05) is 23.6 Å². The molecule has 1 aliphatic rings. The molecule has 3 aromatic rings. The fourth-order valence-corrected chi connectivity index (χ4v) is 2.87. The Morgan fingerprint density at radius 2 is 1.95 bits per heavy atom. The Labute approximate surface area is 125 Å². The molecule has 106 valence electrons. The summed E-state index contributed by atoms with van der Waals surface area (Å²) in [5, 5.41) is 0.670. The summed E-state index contributed by atoms with van der Waals surface area (Å²) in [6, 6.07) is 7.35. The van der Waals surface area contributed by atoms with Crippen molar-refractivity contribution in [2.45, 2.75) is 25.8 Å². The quantitative estimate of drug-likeness (QED) is 0.751. The van der Waals surface area contributed by atoms with E-state index in [9.17, 15) is 4.79 Å². The van der Waals surface area contributed by atoms with Crippen molar-refractivity contribution in [3.8, 4) is 11.4 Å². The minimum absolute atomic E-state index is 0.0498. The van der Waals surface area contributed by atoms with Gasteiger partial charge >= 0.3 is 0 Å². The highest BCUT2D eigenvalue weighted by Gasteiger charge is 2.17. The van der Waals surface area contributed by atoms with E-state index in [-0.39, 0.29) is 5.56 Å². The van der Waals surface area contributed by atoms with E-state index in [0.717, 1.165) is 37.2 Å².